The average molecular weight is 497 g/mol. The molecule has 1 amide bonds. The second-order valence-corrected chi connectivity index (χ2v) is 9.44. The van der Waals surface area contributed by atoms with E-state index >= 15 is 0 Å². The summed E-state index contributed by atoms with van der Waals surface area (Å²) in [7, 11) is 1.66. The van der Waals surface area contributed by atoms with Gasteiger partial charge < -0.3 is 10.1 Å². The fourth-order valence-corrected chi connectivity index (χ4v) is 5.05. The SMILES string of the molecule is COc1ccc([C@@H](CNC(=O)c2nn(Cc3ccccc3)c(=O)c3ccccc23)N2CCCCC2)cc1. The summed E-state index contributed by atoms with van der Waals surface area (Å²) in [4.78, 5) is 29.2. The van der Waals surface area contributed by atoms with Crippen molar-refractivity contribution in [2.75, 3.05) is 26.7 Å². The monoisotopic (exact) mass is 496 g/mol. The Bertz CT molecular complexity index is 1410. The summed E-state index contributed by atoms with van der Waals surface area (Å²) >= 11 is 0. The Hall–Kier alpha value is -3.97. The van der Waals surface area contributed by atoms with Crippen LogP contribution in [0.25, 0.3) is 10.8 Å². The minimum absolute atomic E-state index is 0.0386. The Morgan fingerprint density at radius 3 is 2.30 bits per heavy atom. The number of likely N-dealkylation sites (tertiary alicyclic amines) is 1. The van der Waals surface area contributed by atoms with Crippen LogP contribution in [0.3, 0.4) is 0 Å². The van der Waals surface area contributed by atoms with Crippen molar-refractivity contribution in [3.05, 3.63) is 106 Å². The first-order chi connectivity index (χ1) is 18.1. The highest BCUT2D eigenvalue weighted by Crippen LogP contribution is 2.26. The van der Waals surface area contributed by atoms with Crippen LogP contribution in [0.5, 0.6) is 5.75 Å². The summed E-state index contributed by atoms with van der Waals surface area (Å²) in [5, 5.41) is 8.73. The minimum atomic E-state index is -0.284. The van der Waals surface area contributed by atoms with Crippen LogP contribution in [0.15, 0.2) is 83.7 Å². The zero-order valence-corrected chi connectivity index (χ0v) is 21.1. The van der Waals surface area contributed by atoms with E-state index in [4.69, 9.17) is 4.74 Å². The summed E-state index contributed by atoms with van der Waals surface area (Å²) in [5.41, 5.74) is 2.14. The van der Waals surface area contributed by atoms with Gasteiger partial charge in [-0.25, -0.2) is 4.68 Å². The second kappa shape index (κ2) is 11.4. The molecule has 1 aliphatic rings. The molecular weight excluding hydrogens is 464 g/mol. The third-order valence-corrected chi connectivity index (χ3v) is 7.05. The van der Waals surface area contributed by atoms with E-state index in [1.54, 1.807) is 19.2 Å². The average Bonchev–Trinajstić information content (AvgIpc) is 2.96. The van der Waals surface area contributed by atoms with Crippen molar-refractivity contribution in [1.29, 1.82) is 0 Å². The maximum absolute atomic E-state index is 13.6. The van der Waals surface area contributed by atoms with Gasteiger partial charge in [0.2, 0.25) is 0 Å². The van der Waals surface area contributed by atoms with Gasteiger partial charge in [0.15, 0.2) is 5.69 Å². The van der Waals surface area contributed by atoms with Crippen LogP contribution < -0.4 is 15.6 Å². The van der Waals surface area contributed by atoms with E-state index in [9.17, 15) is 9.59 Å². The van der Waals surface area contributed by atoms with Crippen molar-refractivity contribution in [3.63, 3.8) is 0 Å². The van der Waals surface area contributed by atoms with Crippen LogP contribution in [0, 0.1) is 0 Å². The van der Waals surface area contributed by atoms with Crippen molar-refractivity contribution in [3.8, 4) is 5.75 Å². The number of fused-ring (bicyclic) bond motifs is 1. The molecule has 7 nitrogen and oxygen atoms in total. The number of aromatic nitrogens is 2. The summed E-state index contributed by atoms with van der Waals surface area (Å²) in [6.45, 7) is 2.73. The van der Waals surface area contributed by atoms with Gasteiger partial charge in [-0.2, -0.15) is 5.10 Å². The number of nitrogens with zero attached hydrogens (tertiary/aromatic N) is 3. The summed E-state index contributed by atoms with van der Waals surface area (Å²) < 4.78 is 6.72. The van der Waals surface area contributed by atoms with Crippen molar-refractivity contribution >= 4 is 16.7 Å². The van der Waals surface area contributed by atoms with Gasteiger partial charge in [0.25, 0.3) is 11.5 Å². The molecule has 1 N–H and O–H groups in total. The third-order valence-electron chi connectivity index (χ3n) is 7.05. The maximum Gasteiger partial charge on any atom is 0.274 e. The highest BCUT2D eigenvalue weighted by atomic mass is 16.5. The lowest BCUT2D eigenvalue weighted by Crippen LogP contribution is -2.41. The van der Waals surface area contributed by atoms with Gasteiger partial charge >= 0.3 is 0 Å². The standard InChI is InChI=1S/C30H32N4O3/c1-37-24-16-14-23(15-17-24)27(33-18-8-3-9-19-33)20-31-29(35)28-25-12-6-7-13-26(25)30(36)34(32-28)21-22-10-4-2-5-11-22/h2,4-7,10-17,27H,3,8-9,18-21H2,1H3,(H,31,35)/t27-/m1/s1. The topological polar surface area (TPSA) is 76.5 Å². The fourth-order valence-electron chi connectivity index (χ4n) is 5.05. The molecule has 37 heavy (non-hydrogen) atoms. The molecule has 0 bridgehead atoms. The number of hydrogen-bond acceptors (Lipinski definition) is 5. The molecule has 5 rings (SSSR count). The second-order valence-electron chi connectivity index (χ2n) is 9.44. The van der Waals surface area contributed by atoms with E-state index in [1.165, 1.54) is 11.1 Å². The first-order valence-electron chi connectivity index (χ1n) is 12.8. The lowest BCUT2D eigenvalue weighted by molar-refractivity contribution is 0.0919. The molecule has 0 spiro atoms. The van der Waals surface area contributed by atoms with Crippen LogP contribution in [0.2, 0.25) is 0 Å². The van der Waals surface area contributed by atoms with E-state index in [0.29, 0.717) is 23.9 Å². The Kier molecular flexibility index (Phi) is 7.61. The quantitative estimate of drug-likeness (QED) is 0.391. The molecule has 1 aromatic heterocycles. The van der Waals surface area contributed by atoms with Crippen LogP contribution in [0.1, 0.15) is 46.9 Å². The largest absolute Gasteiger partial charge is 0.497 e. The number of benzene rings is 3. The first kappa shape index (κ1) is 24.7. The van der Waals surface area contributed by atoms with Gasteiger partial charge in [-0.1, -0.05) is 67.1 Å². The lowest BCUT2D eigenvalue weighted by Gasteiger charge is -2.35. The maximum atomic E-state index is 13.6. The predicted molar refractivity (Wildman–Crippen MR) is 145 cm³/mol. The number of carbonyl (C=O) groups excluding carboxylic acids is 1. The van der Waals surface area contributed by atoms with Crippen LogP contribution in [0.4, 0.5) is 0 Å². The van der Waals surface area contributed by atoms with E-state index < -0.39 is 0 Å². The Balaban J connectivity index is 1.44. The molecule has 1 atom stereocenters. The third kappa shape index (κ3) is 5.57. The van der Waals surface area contributed by atoms with Gasteiger partial charge in [-0.3, -0.25) is 14.5 Å². The van der Waals surface area contributed by atoms with Crippen molar-refractivity contribution in [1.82, 2.24) is 20.0 Å². The zero-order valence-electron chi connectivity index (χ0n) is 21.1. The van der Waals surface area contributed by atoms with Crippen molar-refractivity contribution in [2.24, 2.45) is 0 Å². The number of amides is 1. The summed E-state index contributed by atoms with van der Waals surface area (Å²) in [6.07, 6.45) is 3.53. The molecule has 4 aromatic rings. The molecule has 0 saturated carbocycles. The number of ether oxygens (including phenoxy) is 1. The number of hydrogen-bond donors (Lipinski definition) is 1. The molecule has 0 radical (unpaired) electrons. The van der Waals surface area contributed by atoms with Crippen molar-refractivity contribution in [2.45, 2.75) is 31.8 Å². The summed E-state index contributed by atoms with van der Waals surface area (Å²) in [6, 6.07) is 25.0. The number of rotatable bonds is 8. The van der Waals surface area contributed by atoms with Crippen molar-refractivity contribution < 1.29 is 9.53 Å². The highest BCUT2D eigenvalue weighted by Gasteiger charge is 2.24. The van der Waals surface area contributed by atoms with Gasteiger partial charge in [0.05, 0.1) is 25.1 Å². The molecule has 3 aromatic carbocycles. The number of nitrogens with one attached hydrogen (secondary N) is 1. The lowest BCUT2D eigenvalue weighted by atomic mass is 10.0. The van der Waals surface area contributed by atoms with Crippen LogP contribution in [-0.2, 0) is 6.54 Å². The predicted octanol–water partition coefficient (Wildman–Crippen LogP) is 4.41. The fraction of sp³-hybridized carbons (Fsp3) is 0.300. The smallest absolute Gasteiger partial charge is 0.274 e. The van der Waals surface area contributed by atoms with E-state index in [2.05, 4.69) is 27.4 Å². The van der Waals surface area contributed by atoms with E-state index in [-0.39, 0.29) is 23.2 Å². The molecule has 1 saturated heterocycles. The van der Waals surface area contributed by atoms with Gasteiger partial charge in [0.1, 0.15) is 5.75 Å². The minimum Gasteiger partial charge on any atom is -0.497 e. The molecular formula is C30H32N4O3. The molecule has 1 fully saturated rings. The first-order valence-corrected chi connectivity index (χ1v) is 12.8. The molecule has 190 valence electrons. The van der Waals surface area contributed by atoms with Gasteiger partial charge in [0, 0.05) is 11.9 Å². The molecule has 2 heterocycles. The number of carbonyl (C=O) groups is 1. The van der Waals surface area contributed by atoms with E-state index in [1.807, 2.05) is 54.6 Å². The van der Waals surface area contributed by atoms with Crippen LogP contribution >= 0.6 is 0 Å². The van der Waals surface area contributed by atoms with Gasteiger partial charge in [-0.15, -0.1) is 0 Å². The Labute approximate surface area is 216 Å². The Morgan fingerprint density at radius 2 is 1.59 bits per heavy atom. The molecule has 1 aliphatic heterocycles. The Morgan fingerprint density at radius 1 is 0.919 bits per heavy atom. The van der Waals surface area contributed by atoms with Crippen LogP contribution in [-0.4, -0.2) is 47.3 Å². The van der Waals surface area contributed by atoms with E-state index in [0.717, 1.165) is 42.8 Å². The molecule has 0 aliphatic carbocycles. The molecule has 0 unspecified atom stereocenters. The zero-order chi connectivity index (χ0) is 25.6. The normalized spacial score (nSPS) is 14.8. The highest BCUT2D eigenvalue weighted by molar-refractivity contribution is 6.04. The molecule has 7 heteroatoms. The van der Waals surface area contributed by atoms with Gasteiger partial charge in [-0.05, 0) is 55.3 Å². The number of piperidine rings is 1. The summed E-state index contributed by atoms with van der Waals surface area (Å²) in [5.74, 6) is 0.523. The number of methoxy groups -OCH3 is 1.